The Morgan fingerprint density at radius 2 is 1.88 bits per heavy atom. The van der Waals surface area contributed by atoms with Crippen molar-refractivity contribution in [1.82, 2.24) is 0 Å². The standard InChI is InChI=1S/C20H28O5/c1-10-5-6-19(24)8-20-16(2)9-25-12(16)7-11(21)17(20,3)15(23)14(22)13(10)18(19,20)4/h11-12,14,21-22,24H,5-9H2,1-4H3/t11-,12+,14+,16+,17?,18-,19+,20?/m0/s1. The number of fused-ring (bicyclic) bond motifs is 1. The molecule has 1 saturated heterocycles. The van der Waals surface area contributed by atoms with Crippen molar-refractivity contribution in [2.75, 3.05) is 6.61 Å². The number of hydrogen-bond donors (Lipinski definition) is 3. The fourth-order valence-corrected chi connectivity index (χ4v) is 8.12. The molecule has 5 nitrogen and oxygen atoms in total. The topological polar surface area (TPSA) is 87.0 Å². The van der Waals surface area contributed by atoms with E-state index in [1.165, 1.54) is 0 Å². The summed E-state index contributed by atoms with van der Waals surface area (Å²) in [5.41, 5.74) is -1.82. The molecule has 3 N–H and O–H groups in total. The SMILES string of the molecule is CC1=C2[C@@H](O)C(=O)C3(C)[C@@H](O)C[C@H]4OC[C@@]4(C)C34C[C@](O)(CC1)[C@]24C. The molecule has 0 aromatic heterocycles. The highest BCUT2D eigenvalue weighted by atomic mass is 16.5. The van der Waals surface area contributed by atoms with Crippen molar-refractivity contribution >= 4 is 5.78 Å². The largest absolute Gasteiger partial charge is 0.392 e. The van der Waals surface area contributed by atoms with E-state index in [4.69, 9.17) is 4.74 Å². The summed E-state index contributed by atoms with van der Waals surface area (Å²) < 4.78 is 5.81. The van der Waals surface area contributed by atoms with Gasteiger partial charge in [0.1, 0.15) is 6.10 Å². The van der Waals surface area contributed by atoms with Crippen molar-refractivity contribution in [1.29, 1.82) is 0 Å². The second kappa shape index (κ2) is 4.06. The minimum atomic E-state index is -1.23. The molecule has 5 aliphatic rings. The van der Waals surface area contributed by atoms with E-state index < -0.39 is 34.1 Å². The molecule has 2 unspecified atom stereocenters. The van der Waals surface area contributed by atoms with E-state index in [1.807, 2.05) is 20.8 Å². The molecule has 0 radical (unpaired) electrons. The van der Waals surface area contributed by atoms with E-state index in [1.54, 1.807) is 0 Å². The number of rotatable bonds is 0. The summed E-state index contributed by atoms with van der Waals surface area (Å²) in [5, 5.41) is 33.5. The number of Topliss-reactive ketones (excluding diaryl/α,β-unsaturated/α-hetero) is 1. The van der Waals surface area contributed by atoms with Crippen molar-refractivity contribution < 1.29 is 24.9 Å². The Kier molecular flexibility index (Phi) is 2.67. The van der Waals surface area contributed by atoms with Crippen LogP contribution in [0.15, 0.2) is 11.1 Å². The number of carbonyl (C=O) groups is 1. The van der Waals surface area contributed by atoms with Crippen LogP contribution in [0.4, 0.5) is 0 Å². The number of ketones is 1. The van der Waals surface area contributed by atoms with Crippen LogP contribution in [-0.2, 0) is 9.53 Å². The molecule has 5 rings (SSSR count). The van der Waals surface area contributed by atoms with Gasteiger partial charge in [0.05, 0.1) is 29.8 Å². The second-order valence-corrected chi connectivity index (χ2v) is 9.87. The Balaban J connectivity index is 1.87. The van der Waals surface area contributed by atoms with Gasteiger partial charge < -0.3 is 20.1 Å². The maximum absolute atomic E-state index is 13.4. The highest BCUT2D eigenvalue weighted by molar-refractivity contribution is 5.96. The van der Waals surface area contributed by atoms with Gasteiger partial charge in [-0.1, -0.05) is 19.4 Å². The zero-order valence-corrected chi connectivity index (χ0v) is 15.4. The minimum absolute atomic E-state index is 0.0940. The Morgan fingerprint density at radius 1 is 1.20 bits per heavy atom. The number of aliphatic hydroxyl groups excluding tert-OH is 2. The highest BCUT2D eigenvalue weighted by Crippen LogP contribution is 2.86. The van der Waals surface area contributed by atoms with Gasteiger partial charge in [-0.15, -0.1) is 0 Å². The molecule has 0 amide bonds. The smallest absolute Gasteiger partial charge is 0.174 e. The third-order valence-electron chi connectivity index (χ3n) is 9.55. The zero-order valence-electron chi connectivity index (χ0n) is 15.4. The Bertz CT molecular complexity index is 744. The van der Waals surface area contributed by atoms with E-state index in [9.17, 15) is 20.1 Å². The van der Waals surface area contributed by atoms with E-state index >= 15 is 0 Å². The van der Waals surface area contributed by atoms with Crippen LogP contribution in [0.1, 0.15) is 53.4 Å². The minimum Gasteiger partial charge on any atom is -0.392 e. The molecular weight excluding hydrogens is 320 g/mol. The summed E-state index contributed by atoms with van der Waals surface area (Å²) in [6.45, 7) is 8.53. The van der Waals surface area contributed by atoms with Crippen LogP contribution in [0.3, 0.4) is 0 Å². The molecule has 8 atom stereocenters. The fourth-order valence-electron chi connectivity index (χ4n) is 8.12. The van der Waals surface area contributed by atoms with Crippen LogP contribution in [0.2, 0.25) is 0 Å². The lowest BCUT2D eigenvalue weighted by Gasteiger charge is -2.85. The Hall–Kier alpha value is -0.750. The molecule has 5 heteroatoms. The van der Waals surface area contributed by atoms with Crippen LogP contribution in [0, 0.1) is 21.7 Å². The van der Waals surface area contributed by atoms with Crippen molar-refractivity contribution in [3.05, 3.63) is 11.1 Å². The lowest BCUT2D eigenvalue weighted by atomic mass is 9.20. The first-order chi connectivity index (χ1) is 11.5. The summed E-state index contributed by atoms with van der Waals surface area (Å²) in [5.74, 6) is -0.276. The lowest BCUT2D eigenvalue weighted by Crippen LogP contribution is -2.90. The fraction of sp³-hybridized carbons (Fsp3) is 0.850. The van der Waals surface area contributed by atoms with E-state index in [-0.39, 0.29) is 17.3 Å². The van der Waals surface area contributed by atoms with Gasteiger partial charge >= 0.3 is 0 Å². The van der Waals surface area contributed by atoms with Gasteiger partial charge in [0.2, 0.25) is 0 Å². The van der Waals surface area contributed by atoms with Crippen LogP contribution in [0.25, 0.3) is 0 Å². The van der Waals surface area contributed by atoms with Gasteiger partial charge in [-0.3, -0.25) is 4.79 Å². The molecule has 4 fully saturated rings. The van der Waals surface area contributed by atoms with Crippen LogP contribution >= 0.6 is 0 Å². The summed E-state index contributed by atoms with van der Waals surface area (Å²) in [6.07, 6.45) is 0.0790. The average Bonchev–Trinajstić information content (AvgIpc) is 2.55. The van der Waals surface area contributed by atoms with Gasteiger partial charge in [-0.25, -0.2) is 0 Å². The molecule has 25 heavy (non-hydrogen) atoms. The summed E-state index contributed by atoms with van der Waals surface area (Å²) in [7, 11) is 0. The van der Waals surface area contributed by atoms with Crippen molar-refractivity contribution in [3.8, 4) is 0 Å². The van der Waals surface area contributed by atoms with Gasteiger partial charge in [0, 0.05) is 22.7 Å². The first-order valence-electron chi connectivity index (χ1n) is 9.46. The predicted octanol–water partition coefficient (Wildman–Crippen LogP) is 1.34. The number of aliphatic hydroxyl groups is 3. The number of ether oxygens (including phenoxy) is 1. The number of hydrogen-bond acceptors (Lipinski definition) is 5. The molecule has 3 saturated carbocycles. The zero-order chi connectivity index (χ0) is 18.2. The normalized spacial score (nSPS) is 62.4. The monoisotopic (exact) mass is 348 g/mol. The van der Waals surface area contributed by atoms with Crippen molar-refractivity contribution in [2.24, 2.45) is 21.7 Å². The van der Waals surface area contributed by atoms with E-state index in [0.29, 0.717) is 32.3 Å². The average molecular weight is 348 g/mol. The van der Waals surface area contributed by atoms with Gasteiger partial charge in [-0.2, -0.15) is 0 Å². The van der Waals surface area contributed by atoms with Gasteiger partial charge in [0.25, 0.3) is 0 Å². The van der Waals surface area contributed by atoms with Gasteiger partial charge in [0.15, 0.2) is 5.78 Å². The Labute approximate surface area is 148 Å². The third kappa shape index (κ3) is 1.21. The molecule has 1 aliphatic heterocycles. The van der Waals surface area contributed by atoms with Crippen molar-refractivity contribution in [2.45, 2.75) is 77.3 Å². The summed E-state index contributed by atoms with van der Waals surface area (Å²) in [6, 6.07) is 0. The molecule has 0 bridgehead atoms. The molecular formula is C20H28O5. The maximum atomic E-state index is 13.4. The highest BCUT2D eigenvalue weighted by Gasteiger charge is 2.90. The number of carbonyl (C=O) groups excluding carboxylic acids is 1. The predicted molar refractivity (Wildman–Crippen MR) is 89.6 cm³/mol. The lowest BCUT2D eigenvalue weighted by molar-refractivity contribution is -0.419. The molecule has 0 aromatic carbocycles. The quantitative estimate of drug-likeness (QED) is 0.575. The molecule has 1 spiro atoms. The molecule has 1 heterocycles. The number of allylic oxidation sites excluding steroid dienone is 1. The molecule has 0 aromatic rings. The first-order valence-corrected chi connectivity index (χ1v) is 9.46. The van der Waals surface area contributed by atoms with Crippen LogP contribution in [0.5, 0.6) is 0 Å². The van der Waals surface area contributed by atoms with E-state index in [0.717, 1.165) is 11.1 Å². The maximum Gasteiger partial charge on any atom is 0.174 e. The summed E-state index contributed by atoms with van der Waals surface area (Å²) in [4.78, 5) is 13.4. The van der Waals surface area contributed by atoms with Crippen molar-refractivity contribution in [3.63, 3.8) is 0 Å². The molecule has 4 aliphatic carbocycles. The first kappa shape index (κ1) is 16.4. The Morgan fingerprint density at radius 3 is 2.48 bits per heavy atom. The summed E-state index contributed by atoms with van der Waals surface area (Å²) >= 11 is 0. The second-order valence-electron chi connectivity index (χ2n) is 9.87. The third-order valence-corrected chi connectivity index (χ3v) is 9.55. The van der Waals surface area contributed by atoms with Gasteiger partial charge in [-0.05, 0) is 38.7 Å². The van der Waals surface area contributed by atoms with Crippen LogP contribution in [-0.4, -0.2) is 51.6 Å². The van der Waals surface area contributed by atoms with Crippen LogP contribution < -0.4 is 0 Å². The van der Waals surface area contributed by atoms with E-state index in [2.05, 4.69) is 6.92 Å². The molecule has 138 valence electrons.